The highest BCUT2D eigenvalue weighted by Gasteiger charge is 2.19. The topological polar surface area (TPSA) is 25.8 Å². The minimum Gasteiger partial charge on any atom is -0.221 e. The minimum atomic E-state index is 0.485. The van der Waals surface area contributed by atoms with E-state index in [1.165, 1.54) is 19.3 Å². The summed E-state index contributed by atoms with van der Waals surface area (Å²) in [5, 5.41) is 0.971. The molecule has 1 heterocycles. The standard InChI is InChI=1S/C10H12Cl2N2/c1-6-9(11)13-8(14-10(6)12)5-7-3-2-4-7/h7H,2-5H2,1H3. The van der Waals surface area contributed by atoms with E-state index in [0.29, 0.717) is 10.3 Å². The Hall–Kier alpha value is -0.340. The summed E-state index contributed by atoms with van der Waals surface area (Å²) in [6.07, 6.45) is 4.82. The lowest BCUT2D eigenvalue weighted by atomic mass is 9.83. The zero-order chi connectivity index (χ0) is 10.1. The molecule has 1 aliphatic carbocycles. The van der Waals surface area contributed by atoms with Crippen LogP contribution in [0.25, 0.3) is 0 Å². The minimum absolute atomic E-state index is 0.485. The molecule has 1 aromatic heterocycles. The van der Waals surface area contributed by atoms with Crippen molar-refractivity contribution in [3.8, 4) is 0 Å². The molecule has 1 aromatic rings. The third kappa shape index (κ3) is 2.01. The lowest BCUT2D eigenvalue weighted by Crippen LogP contribution is -2.15. The van der Waals surface area contributed by atoms with E-state index in [-0.39, 0.29) is 0 Å². The molecule has 0 aliphatic heterocycles. The van der Waals surface area contributed by atoms with Crippen LogP contribution in [0.4, 0.5) is 0 Å². The summed E-state index contributed by atoms with van der Waals surface area (Å²) in [6.45, 7) is 1.83. The van der Waals surface area contributed by atoms with E-state index in [9.17, 15) is 0 Å². The Labute approximate surface area is 93.7 Å². The van der Waals surface area contributed by atoms with Gasteiger partial charge < -0.3 is 0 Å². The molecule has 0 unspecified atom stereocenters. The normalized spacial score (nSPS) is 16.8. The SMILES string of the molecule is Cc1c(Cl)nc(CC2CCC2)nc1Cl. The fourth-order valence-electron chi connectivity index (χ4n) is 1.55. The first-order valence-electron chi connectivity index (χ1n) is 4.85. The van der Waals surface area contributed by atoms with Crippen LogP contribution in [0.1, 0.15) is 30.7 Å². The number of hydrogen-bond donors (Lipinski definition) is 0. The van der Waals surface area contributed by atoms with Crippen LogP contribution in [-0.2, 0) is 6.42 Å². The van der Waals surface area contributed by atoms with Crippen LogP contribution in [0, 0.1) is 12.8 Å². The first-order valence-corrected chi connectivity index (χ1v) is 5.61. The molecule has 14 heavy (non-hydrogen) atoms. The van der Waals surface area contributed by atoms with E-state index in [2.05, 4.69) is 9.97 Å². The summed E-state index contributed by atoms with van der Waals surface area (Å²) < 4.78 is 0. The summed E-state index contributed by atoms with van der Waals surface area (Å²) in [4.78, 5) is 8.45. The third-order valence-corrected chi connectivity index (χ3v) is 3.51. The van der Waals surface area contributed by atoms with Crippen molar-refractivity contribution < 1.29 is 0 Å². The third-order valence-electron chi connectivity index (χ3n) is 2.77. The molecule has 0 N–H and O–H groups in total. The molecule has 0 bridgehead atoms. The maximum absolute atomic E-state index is 5.93. The van der Waals surface area contributed by atoms with E-state index >= 15 is 0 Å². The van der Waals surface area contributed by atoms with Crippen molar-refractivity contribution in [3.05, 3.63) is 21.7 Å². The van der Waals surface area contributed by atoms with Gasteiger partial charge in [0.15, 0.2) is 0 Å². The molecule has 4 heteroatoms. The Morgan fingerprint density at radius 1 is 1.21 bits per heavy atom. The maximum atomic E-state index is 5.93. The summed E-state index contributed by atoms with van der Waals surface area (Å²) in [6, 6.07) is 0. The number of aromatic nitrogens is 2. The van der Waals surface area contributed by atoms with Crippen molar-refractivity contribution in [2.24, 2.45) is 5.92 Å². The van der Waals surface area contributed by atoms with Gasteiger partial charge in [-0.1, -0.05) is 42.5 Å². The van der Waals surface area contributed by atoms with Crippen LogP contribution < -0.4 is 0 Å². The van der Waals surface area contributed by atoms with Crippen LogP contribution in [0.5, 0.6) is 0 Å². The second-order valence-electron chi connectivity index (χ2n) is 3.85. The Morgan fingerprint density at radius 3 is 2.21 bits per heavy atom. The zero-order valence-corrected chi connectivity index (χ0v) is 9.57. The van der Waals surface area contributed by atoms with Crippen LogP contribution >= 0.6 is 23.2 Å². The van der Waals surface area contributed by atoms with Crippen molar-refractivity contribution in [1.29, 1.82) is 0 Å². The second-order valence-corrected chi connectivity index (χ2v) is 4.56. The molecule has 2 rings (SSSR count). The average molecular weight is 231 g/mol. The fraction of sp³-hybridized carbons (Fsp3) is 0.600. The highest BCUT2D eigenvalue weighted by Crippen LogP contribution is 2.30. The predicted molar refractivity (Wildman–Crippen MR) is 57.8 cm³/mol. The molecule has 0 radical (unpaired) electrons. The highest BCUT2D eigenvalue weighted by molar-refractivity contribution is 6.34. The number of hydrogen-bond acceptors (Lipinski definition) is 2. The van der Waals surface area contributed by atoms with Gasteiger partial charge in [-0.05, 0) is 12.8 Å². The van der Waals surface area contributed by atoms with E-state index in [1.54, 1.807) is 0 Å². The second kappa shape index (κ2) is 4.03. The van der Waals surface area contributed by atoms with Crippen molar-refractivity contribution in [2.75, 3.05) is 0 Å². The monoisotopic (exact) mass is 230 g/mol. The molecular weight excluding hydrogens is 219 g/mol. The van der Waals surface area contributed by atoms with Crippen LogP contribution in [-0.4, -0.2) is 9.97 Å². The predicted octanol–water partition coefficient (Wildman–Crippen LogP) is 3.43. The van der Waals surface area contributed by atoms with Gasteiger partial charge in [-0.25, -0.2) is 9.97 Å². The first kappa shape index (κ1) is 10.2. The number of halogens is 2. The Morgan fingerprint density at radius 2 is 1.79 bits per heavy atom. The molecule has 1 aliphatic rings. The van der Waals surface area contributed by atoms with Gasteiger partial charge in [0.25, 0.3) is 0 Å². The van der Waals surface area contributed by atoms with E-state index in [4.69, 9.17) is 23.2 Å². The van der Waals surface area contributed by atoms with Gasteiger partial charge in [0.2, 0.25) is 0 Å². The molecule has 0 saturated heterocycles. The van der Waals surface area contributed by atoms with Gasteiger partial charge in [0.05, 0.1) is 0 Å². The number of rotatable bonds is 2. The summed E-state index contributed by atoms with van der Waals surface area (Å²) >= 11 is 11.9. The summed E-state index contributed by atoms with van der Waals surface area (Å²) in [5.74, 6) is 1.53. The molecule has 1 fully saturated rings. The summed E-state index contributed by atoms with van der Waals surface area (Å²) in [5.41, 5.74) is 0.769. The van der Waals surface area contributed by atoms with E-state index in [1.807, 2.05) is 6.92 Å². The largest absolute Gasteiger partial charge is 0.221 e. The molecule has 1 saturated carbocycles. The average Bonchev–Trinajstić information content (AvgIpc) is 2.07. The Bertz CT molecular complexity index is 325. The van der Waals surface area contributed by atoms with Crippen molar-refractivity contribution in [3.63, 3.8) is 0 Å². The molecule has 0 spiro atoms. The van der Waals surface area contributed by atoms with Crippen molar-refractivity contribution in [1.82, 2.24) is 9.97 Å². The first-order chi connectivity index (χ1) is 6.66. The quantitative estimate of drug-likeness (QED) is 0.728. The Balaban J connectivity index is 2.17. The smallest absolute Gasteiger partial charge is 0.137 e. The maximum Gasteiger partial charge on any atom is 0.137 e. The van der Waals surface area contributed by atoms with Gasteiger partial charge in [-0.15, -0.1) is 0 Å². The van der Waals surface area contributed by atoms with Crippen LogP contribution in [0.15, 0.2) is 0 Å². The van der Waals surface area contributed by atoms with Gasteiger partial charge >= 0.3 is 0 Å². The zero-order valence-electron chi connectivity index (χ0n) is 8.06. The number of nitrogens with zero attached hydrogens (tertiary/aromatic N) is 2. The Kier molecular flexibility index (Phi) is 2.93. The molecule has 76 valence electrons. The van der Waals surface area contributed by atoms with Crippen LogP contribution in [0.3, 0.4) is 0 Å². The lowest BCUT2D eigenvalue weighted by Gasteiger charge is -2.24. The van der Waals surface area contributed by atoms with Crippen LogP contribution in [0.2, 0.25) is 10.3 Å². The molecule has 0 aromatic carbocycles. The van der Waals surface area contributed by atoms with E-state index < -0.39 is 0 Å². The van der Waals surface area contributed by atoms with Gasteiger partial charge in [-0.3, -0.25) is 0 Å². The highest BCUT2D eigenvalue weighted by atomic mass is 35.5. The van der Waals surface area contributed by atoms with Crippen molar-refractivity contribution >= 4 is 23.2 Å². The van der Waals surface area contributed by atoms with Gasteiger partial charge in [0, 0.05) is 12.0 Å². The summed E-state index contributed by atoms with van der Waals surface area (Å²) in [7, 11) is 0. The van der Waals surface area contributed by atoms with E-state index in [0.717, 1.165) is 23.7 Å². The lowest BCUT2D eigenvalue weighted by molar-refractivity contribution is 0.309. The molecule has 2 nitrogen and oxygen atoms in total. The van der Waals surface area contributed by atoms with Crippen molar-refractivity contribution in [2.45, 2.75) is 32.6 Å². The fourth-order valence-corrected chi connectivity index (χ4v) is 1.97. The molecule has 0 amide bonds. The van der Waals surface area contributed by atoms with Gasteiger partial charge in [0.1, 0.15) is 16.1 Å². The molecule has 0 atom stereocenters. The molecular formula is C10H12Cl2N2. The van der Waals surface area contributed by atoms with Gasteiger partial charge in [-0.2, -0.15) is 0 Å².